The number of hydrogen-bond donors (Lipinski definition) is 3. The van der Waals surface area contributed by atoms with Crippen LogP contribution in [0.2, 0.25) is 0 Å². The van der Waals surface area contributed by atoms with E-state index in [0.29, 0.717) is 0 Å². The first-order chi connectivity index (χ1) is 5.29. The van der Waals surface area contributed by atoms with Gasteiger partial charge in [0.05, 0.1) is 0 Å². The van der Waals surface area contributed by atoms with E-state index < -0.39 is 6.03 Å². The van der Waals surface area contributed by atoms with Crippen molar-refractivity contribution in [3.05, 3.63) is 0 Å². The number of hydrogen-bond acceptors (Lipinski definition) is 4. The largest absolute Gasteiger partial charge is 0.351 e. The first-order valence-corrected chi connectivity index (χ1v) is 3.15. The van der Waals surface area contributed by atoms with Crippen LogP contribution in [0.25, 0.3) is 0 Å². The Morgan fingerprint density at radius 3 is 2.64 bits per heavy atom. The fourth-order valence-corrected chi connectivity index (χ4v) is 0.759. The van der Waals surface area contributed by atoms with Crippen LogP contribution in [0.1, 0.15) is 6.42 Å². The van der Waals surface area contributed by atoms with Crippen LogP contribution in [-0.2, 0) is 4.79 Å². The minimum atomic E-state index is -0.524. The lowest BCUT2D eigenvalue weighted by Gasteiger charge is -2.13. The molecule has 0 atom stereocenters. The number of amides is 2. The van der Waals surface area contributed by atoms with Crippen LogP contribution in [0.5, 0.6) is 0 Å². The number of hydrazine groups is 2. The molecule has 2 amide bonds. The predicted octanol–water partition coefficient (Wildman–Crippen LogP) is -1.40. The molecule has 11 heavy (non-hydrogen) atoms. The van der Waals surface area contributed by atoms with Crippen LogP contribution < -0.4 is 16.6 Å². The molecule has 6 heteroatoms. The summed E-state index contributed by atoms with van der Waals surface area (Å²) < 4.78 is 0. The molecule has 1 saturated heterocycles. The Hall–Kier alpha value is -1.14. The highest BCUT2D eigenvalue weighted by atomic mass is 16.2. The summed E-state index contributed by atoms with van der Waals surface area (Å²) in [6.45, 7) is 3.73. The van der Waals surface area contributed by atoms with Gasteiger partial charge in [-0.05, 0) is 6.42 Å². The van der Waals surface area contributed by atoms with Crippen LogP contribution in [0.15, 0.2) is 0 Å². The van der Waals surface area contributed by atoms with E-state index in [1.165, 1.54) is 0 Å². The first kappa shape index (κ1) is 9.86. The summed E-state index contributed by atoms with van der Waals surface area (Å²) in [5, 5.41) is 1.59. The number of carbonyl (C=O) groups excluding carboxylic acids is 2. The van der Waals surface area contributed by atoms with Crippen molar-refractivity contribution >= 4 is 12.8 Å². The summed E-state index contributed by atoms with van der Waals surface area (Å²) in [7, 11) is 0. The Labute approximate surface area is 64.7 Å². The lowest BCUT2D eigenvalue weighted by Crippen LogP contribution is -2.48. The van der Waals surface area contributed by atoms with Gasteiger partial charge < -0.3 is 10.5 Å². The van der Waals surface area contributed by atoms with Gasteiger partial charge in [-0.3, -0.25) is 5.43 Å². The molecular formula is C5H12N4O2. The van der Waals surface area contributed by atoms with Gasteiger partial charge in [0.25, 0.3) is 0 Å². The Balaban J connectivity index is 0.000000461. The zero-order valence-corrected chi connectivity index (χ0v) is 6.17. The predicted molar refractivity (Wildman–Crippen MR) is 39.2 cm³/mol. The van der Waals surface area contributed by atoms with E-state index in [4.69, 9.17) is 10.5 Å². The van der Waals surface area contributed by atoms with Crippen molar-refractivity contribution in [3.63, 3.8) is 0 Å². The monoisotopic (exact) mass is 160 g/mol. The summed E-state index contributed by atoms with van der Waals surface area (Å²) in [6, 6.07) is -0.524. The van der Waals surface area contributed by atoms with Crippen molar-refractivity contribution in [1.29, 1.82) is 0 Å². The summed E-state index contributed by atoms with van der Waals surface area (Å²) >= 11 is 0. The standard InChI is InChI=1S/C4H10N4O.CH2O/c5-4(9)7-8-3-1-2-6-8;1-2/h6H,1-3H2,(H3,5,7,9);1H2. The highest BCUT2D eigenvalue weighted by Gasteiger charge is 2.10. The van der Waals surface area contributed by atoms with Crippen molar-refractivity contribution in [2.45, 2.75) is 6.42 Å². The van der Waals surface area contributed by atoms with Crippen molar-refractivity contribution in [3.8, 4) is 0 Å². The van der Waals surface area contributed by atoms with Crippen molar-refractivity contribution < 1.29 is 9.59 Å². The van der Waals surface area contributed by atoms with Crippen LogP contribution >= 0.6 is 0 Å². The van der Waals surface area contributed by atoms with Crippen LogP contribution in [0.3, 0.4) is 0 Å². The molecule has 0 aliphatic carbocycles. The summed E-state index contributed by atoms with van der Waals surface area (Å²) in [6.07, 6.45) is 1.04. The van der Waals surface area contributed by atoms with Gasteiger partial charge in [0.2, 0.25) is 0 Å². The fourth-order valence-electron chi connectivity index (χ4n) is 0.759. The summed E-state index contributed by atoms with van der Waals surface area (Å²) in [5.41, 5.74) is 10.2. The Morgan fingerprint density at radius 2 is 2.27 bits per heavy atom. The Kier molecular flexibility index (Phi) is 5.05. The molecule has 1 rings (SSSR count). The van der Waals surface area contributed by atoms with E-state index in [2.05, 4.69) is 10.9 Å². The molecule has 1 aliphatic rings. The molecule has 64 valence electrons. The molecule has 0 aromatic heterocycles. The maximum absolute atomic E-state index is 10.2. The smallest absolute Gasteiger partial charge is 0.327 e. The van der Waals surface area contributed by atoms with E-state index in [0.717, 1.165) is 19.5 Å². The molecule has 6 nitrogen and oxygen atoms in total. The average molecular weight is 160 g/mol. The number of nitrogens with two attached hydrogens (primary N) is 1. The molecule has 1 heterocycles. The zero-order valence-electron chi connectivity index (χ0n) is 6.17. The number of rotatable bonds is 1. The molecule has 0 aromatic rings. The van der Waals surface area contributed by atoms with E-state index in [-0.39, 0.29) is 0 Å². The zero-order chi connectivity index (χ0) is 8.69. The van der Waals surface area contributed by atoms with Crippen molar-refractivity contribution in [2.24, 2.45) is 5.73 Å². The van der Waals surface area contributed by atoms with Crippen LogP contribution in [-0.4, -0.2) is 31.0 Å². The highest BCUT2D eigenvalue weighted by Crippen LogP contribution is 1.89. The van der Waals surface area contributed by atoms with Gasteiger partial charge in [-0.15, -0.1) is 0 Å². The maximum atomic E-state index is 10.2. The second-order valence-electron chi connectivity index (χ2n) is 1.89. The van der Waals surface area contributed by atoms with Gasteiger partial charge in [0, 0.05) is 13.1 Å². The minimum absolute atomic E-state index is 0.524. The lowest BCUT2D eigenvalue weighted by molar-refractivity contribution is -0.0979. The molecule has 1 fully saturated rings. The van der Waals surface area contributed by atoms with E-state index in [1.54, 1.807) is 5.12 Å². The van der Waals surface area contributed by atoms with E-state index in [1.807, 2.05) is 6.79 Å². The molecule has 0 aromatic carbocycles. The maximum Gasteiger partial charge on any atom is 0.327 e. The molecule has 4 N–H and O–H groups in total. The van der Waals surface area contributed by atoms with Crippen molar-refractivity contribution in [2.75, 3.05) is 13.1 Å². The van der Waals surface area contributed by atoms with Gasteiger partial charge in [0.1, 0.15) is 6.79 Å². The number of nitrogens with one attached hydrogen (secondary N) is 2. The number of nitrogens with zero attached hydrogens (tertiary/aromatic N) is 1. The highest BCUT2D eigenvalue weighted by molar-refractivity contribution is 5.70. The molecular weight excluding hydrogens is 148 g/mol. The molecule has 0 radical (unpaired) electrons. The van der Waals surface area contributed by atoms with E-state index in [9.17, 15) is 4.79 Å². The van der Waals surface area contributed by atoms with E-state index >= 15 is 0 Å². The van der Waals surface area contributed by atoms with Crippen molar-refractivity contribution in [1.82, 2.24) is 16.0 Å². The van der Waals surface area contributed by atoms with Gasteiger partial charge in [0.15, 0.2) is 0 Å². The van der Waals surface area contributed by atoms with Gasteiger partial charge in [-0.1, -0.05) is 0 Å². The Morgan fingerprint density at radius 1 is 1.64 bits per heavy atom. The second-order valence-corrected chi connectivity index (χ2v) is 1.89. The Bertz CT molecular complexity index is 124. The molecule has 0 unspecified atom stereocenters. The molecule has 1 aliphatic heterocycles. The topological polar surface area (TPSA) is 87.5 Å². The SMILES string of the molecule is C=O.NC(=O)NN1CCCN1. The third kappa shape index (κ3) is 4.29. The van der Waals surface area contributed by atoms with Gasteiger partial charge in [-0.25, -0.2) is 10.2 Å². The number of primary amides is 1. The second kappa shape index (κ2) is 5.63. The molecule has 0 bridgehead atoms. The third-order valence-corrected chi connectivity index (χ3v) is 1.11. The first-order valence-electron chi connectivity index (χ1n) is 3.15. The number of urea groups is 1. The lowest BCUT2D eigenvalue weighted by atomic mass is 10.5. The third-order valence-electron chi connectivity index (χ3n) is 1.11. The average Bonchev–Trinajstić information content (AvgIpc) is 2.43. The van der Waals surface area contributed by atoms with Crippen LogP contribution in [0, 0.1) is 0 Å². The van der Waals surface area contributed by atoms with Gasteiger partial charge in [-0.2, -0.15) is 5.12 Å². The summed E-state index contributed by atoms with van der Waals surface area (Å²) in [5.74, 6) is 0. The van der Waals surface area contributed by atoms with Crippen LogP contribution in [0.4, 0.5) is 4.79 Å². The minimum Gasteiger partial charge on any atom is -0.351 e. The normalized spacial score (nSPS) is 16.7. The molecule has 0 spiro atoms. The summed E-state index contributed by atoms with van der Waals surface area (Å²) in [4.78, 5) is 18.2. The quantitative estimate of drug-likeness (QED) is 0.440. The van der Waals surface area contributed by atoms with Gasteiger partial charge >= 0.3 is 6.03 Å². The fraction of sp³-hybridized carbons (Fsp3) is 0.600. The molecule has 0 saturated carbocycles. The number of carbonyl (C=O) groups is 2.